The fourth-order valence-electron chi connectivity index (χ4n) is 0.937. The van der Waals surface area contributed by atoms with Crippen molar-refractivity contribution in [2.45, 2.75) is 13.8 Å². The predicted molar refractivity (Wildman–Crippen MR) is 59.0 cm³/mol. The van der Waals surface area contributed by atoms with E-state index < -0.39 is 0 Å². The molecule has 0 atom stereocenters. The molecule has 2 heterocycles. The van der Waals surface area contributed by atoms with Gasteiger partial charge in [-0.05, 0) is 5.52 Å². The molecule has 79 valence electrons. The van der Waals surface area contributed by atoms with Crippen molar-refractivity contribution in [3.05, 3.63) is 48.4 Å². The molecule has 0 aliphatic rings. The summed E-state index contributed by atoms with van der Waals surface area (Å²) in [7, 11) is 0. The van der Waals surface area contributed by atoms with Gasteiger partial charge in [-0.2, -0.15) is 6.07 Å². The average Bonchev–Trinajstić information content (AvgIpc) is 2.21. The summed E-state index contributed by atoms with van der Waals surface area (Å²) in [5.41, 5.74) is 0.529. The number of pyridine rings is 2. The Bertz CT molecular complexity index is 440. The fraction of sp³-hybridized carbons (Fsp3) is 0.182. The minimum Gasteiger partial charge on any atom is -0.358 e. The molecule has 0 amide bonds. The molecule has 15 heavy (non-hydrogen) atoms. The van der Waals surface area contributed by atoms with Gasteiger partial charge in [0.15, 0.2) is 5.56 Å². The van der Waals surface area contributed by atoms with Gasteiger partial charge in [0.2, 0.25) is 0 Å². The van der Waals surface area contributed by atoms with Crippen LogP contribution in [0.2, 0.25) is 0 Å². The van der Waals surface area contributed by atoms with Crippen LogP contribution in [-0.2, 0) is 32.7 Å². The molecular weight excluding hydrogens is 265 g/mol. The van der Waals surface area contributed by atoms with Crippen molar-refractivity contribution in [3.8, 4) is 0 Å². The Morgan fingerprint density at radius 2 is 2.07 bits per heavy atom. The van der Waals surface area contributed by atoms with Gasteiger partial charge in [-0.15, -0.1) is 11.5 Å². The molecule has 3 nitrogen and oxygen atoms in total. The summed E-state index contributed by atoms with van der Waals surface area (Å²) in [5, 5.41) is 0.944. The summed E-state index contributed by atoms with van der Waals surface area (Å²) < 4.78 is 0. The van der Waals surface area contributed by atoms with Gasteiger partial charge in [-0.3, -0.25) is 9.78 Å². The topological polar surface area (TPSA) is 45.8 Å². The minimum atomic E-state index is -0.217. The molecule has 4 heteroatoms. The molecule has 0 saturated heterocycles. The molecule has 2 aromatic rings. The summed E-state index contributed by atoms with van der Waals surface area (Å²) in [6.07, 6.45) is 3.29. The third-order valence-corrected chi connectivity index (χ3v) is 1.46. The van der Waals surface area contributed by atoms with Crippen LogP contribution in [0, 0.1) is 13.5 Å². The maximum atomic E-state index is 10.7. The smallest absolute Gasteiger partial charge is 0.156 e. The number of fused-ring (bicyclic) bond motifs is 1. The maximum absolute atomic E-state index is 10.7. The Balaban J connectivity index is 0. The molecule has 0 aliphatic heterocycles. The van der Waals surface area contributed by atoms with Crippen molar-refractivity contribution in [1.29, 1.82) is 0 Å². The molecule has 0 aliphatic carbocycles. The Morgan fingerprint density at radius 3 is 2.73 bits per heavy atom. The van der Waals surface area contributed by atoms with Gasteiger partial charge in [-0.1, -0.05) is 13.8 Å². The molecule has 0 unspecified atom stereocenters. The van der Waals surface area contributed by atoms with E-state index in [-0.39, 0.29) is 45.7 Å². The summed E-state index contributed by atoms with van der Waals surface area (Å²) in [6, 6.07) is 6.01. The summed E-state index contributed by atoms with van der Waals surface area (Å²) in [5.74, 6) is 0. The molecule has 0 saturated carbocycles. The van der Waals surface area contributed by atoms with E-state index in [1.54, 1.807) is 18.5 Å². The second-order valence-corrected chi connectivity index (χ2v) is 2.21. The van der Waals surface area contributed by atoms with Crippen LogP contribution in [0.1, 0.15) is 13.8 Å². The van der Waals surface area contributed by atoms with Gasteiger partial charge >= 0.3 is 0 Å². The van der Waals surface area contributed by atoms with E-state index in [1.807, 2.05) is 19.9 Å². The minimum absolute atomic E-state index is 0. The number of H-pyrrole nitrogens is 1. The van der Waals surface area contributed by atoms with Crippen LogP contribution in [-0.4, -0.2) is 9.97 Å². The molecule has 0 aromatic carbocycles. The Hall–Kier alpha value is -0.536. The Labute approximate surface area is 115 Å². The van der Waals surface area contributed by atoms with Gasteiger partial charge in [0.25, 0.3) is 0 Å². The zero-order valence-corrected chi connectivity index (χ0v) is 12.1. The van der Waals surface area contributed by atoms with Crippen LogP contribution in [0.5, 0.6) is 0 Å². The SMILES string of the molecule is CC.O=c1[c-]cc2ccncc2[nH]1.[CH3-].[Y]. The third kappa shape index (κ3) is 4.67. The van der Waals surface area contributed by atoms with E-state index in [9.17, 15) is 4.79 Å². The number of aromatic nitrogens is 2. The van der Waals surface area contributed by atoms with Crippen molar-refractivity contribution >= 4 is 10.9 Å². The second-order valence-electron chi connectivity index (χ2n) is 2.21. The molecule has 0 fully saturated rings. The first-order valence-electron chi connectivity index (χ1n) is 4.21. The van der Waals surface area contributed by atoms with Gasteiger partial charge in [0.1, 0.15) is 0 Å². The van der Waals surface area contributed by atoms with Crippen LogP contribution in [0.4, 0.5) is 0 Å². The van der Waals surface area contributed by atoms with E-state index in [2.05, 4.69) is 16.0 Å². The summed E-state index contributed by atoms with van der Waals surface area (Å²) in [4.78, 5) is 17.2. The third-order valence-electron chi connectivity index (χ3n) is 1.46. The first-order chi connectivity index (χ1) is 6.36. The van der Waals surface area contributed by atoms with E-state index in [0.29, 0.717) is 0 Å². The molecule has 2 rings (SSSR count). The second kappa shape index (κ2) is 8.75. The van der Waals surface area contributed by atoms with Crippen molar-refractivity contribution in [1.82, 2.24) is 9.97 Å². The number of nitrogens with zero attached hydrogens (tertiary/aromatic N) is 1. The van der Waals surface area contributed by atoms with Crippen LogP contribution in [0.25, 0.3) is 10.9 Å². The quantitative estimate of drug-likeness (QED) is 0.751. The van der Waals surface area contributed by atoms with E-state index in [1.165, 1.54) is 0 Å². The van der Waals surface area contributed by atoms with Crippen LogP contribution in [0.15, 0.2) is 29.3 Å². The monoisotopic (exact) mass is 279 g/mol. The van der Waals surface area contributed by atoms with Gasteiger partial charge in [-0.25, -0.2) is 6.07 Å². The van der Waals surface area contributed by atoms with Crippen molar-refractivity contribution in [2.24, 2.45) is 0 Å². The molecule has 1 N–H and O–H groups in total. The number of aromatic amines is 1. The normalized spacial score (nSPS) is 7.87. The fourth-order valence-corrected chi connectivity index (χ4v) is 0.937. The predicted octanol–water partition coefficient (Wildman–Crippen LogP) is 2.20. The molecular formula is C11H14N2OY-2. The van der Waals surface area contributed by atoms with Gasteiger partial charge in [0, 0.05) is 45.1 Å². The number of hydrogen-bond donors (Lipinski definition) is 1. The number of hydrogen-bond acceptors (Lipinski definition) is 2. The molecule has 0 spiro atoms. The Kier molecular flexibility index (Phi) is 9.84. The molecule has 0 bridgehead atoms. The number of rotatable bonds is 0. The van der Waals surface area contributed by atoms with Gasteiger partial charge in [0.05, 0.1) is 0 Å². The first-order valence-corrected chi connectivity index (χ1v) is 4.21. The maximum Gasteiger partial charge on any atom is 0.156 e. The van der Waals surface area contributed by atoms with Gasteiger partial charge < -0.3 is 12.4 Å². The average molecular weight is 279 g/mol. The van der Waals surface area contributed by atoms with Crippen molar-refractivity contribution in [3.63, 3.8) is 0 Å². The van der Waals surface area contributed by atoms with E-state index >= 15 is 0 Å². The standard InChI is InChI=1S/C8H5N2O.C2H6.CH3.Y/c11-8-2-1-6-3-4-9-5-7(6)10-8;1-2;;/h1,3-5H,(H,10,11);1-2H3;1H3;/q-1;;-1;. The molecule has 2 aromatic heterocycles. The van der Waals surface area contributed by atoms with Crippen LogP contribution < -0.4 is 5.56 Å². The summed E-state index contributed by atoms with van der Waals surface area (Å²) >= 11 is 0. The van der Waals surface area contributed by atoms with Crippen LogP contribution >= 0.6 is 0 Å². The van der Waals surface area contributed by atoms with E-state index in [0.717, 1.165) is 10.9 Å². The Morgan fingerprint density at radius 1 is 1.40 bits per heavy atom. The first kappa shape index (κ1) is 16.9. The zero-order valence-electron chi connectivity index (χ0n) is 9.24. The van der Waals surface area contributed by atoms with E-state index in [4.69, 9.17) is 0 Å². The van der Waals surface area contributed by atoms with Crippen molar-refractivity contribution < 1.29 is 32.7 Å². The summed E-state index contributed by atoms with van der Waals surface area (Å²) in [6.45, 7) is 4.00. The number of nitrogens with one attached hydrogen (secondary N) is 1. The van der Waals surface area contributed by atoms with Crippen LogP contribution in [0.3, 0.4) is 0 Å². The molecule has 1 radical (unpaired) electrons. The zero-order chi connectivity index (χ0) is 9.68. The largest absolute Gasteiger partial charge is 0.358 e. The van der Waals surface area contributed by atoms with Crippen molar-refractivity contribution in [2.75, 3.05) is 0 Å².